The third kappa shape index (κ3) is 4.59. The average molecular weight is 311 g/mol. The van der Waals surface area contributed by atoms with Gasteiger partial charge in [0.1, 0.15) is 0 Å². The molecule has 6 heteroatoms. The molecule has 1 heterocycles. The summed E-state index contributed by atoms with van der Waals surface area (Å²) in [6.07, 6.45) is 1.09. The van der Waals surface area contributed by atoms with Crippen LogP contribution in [0.1, 0.15) is 13.3 Å². The molecule has 1 aliphatic heterocycles. The first-order valence-electron chi connectivity index (χ1n) is 7.23. The minimum Gasteiger partial charge on any atom is -0.397 e. The standard InChI is InChI=1S/C15H23ClN4O/c1-11-9-19(2)6-3-7-20(11)10-15(21)18-12-4-5-13(16)14(17)8-12/h4-5,8,11H,3,6-7,9-10,17H2,1-2H3,(H,18,21). The Balaban J connectivity index is 1.92. The van der Waals surface area contributed by atoms with E-state index in [0.717, 1.165) is 26.1 Å². The molecule has 2 rings (SSSR count). The summed E-state index contributed by atoms with van der Waals surface area (Å²) < 4.78 is 0. The van der Waals surface area contributed by atoms with Gasteiger partial charge in [-0.3, -0.25) is 9.69 Å². The molecule has 1 fully saturated rings. The van der Waals surface area contributed by atoms with E-state index in [0.29, 0.717) is 29.0 Å². The van der Waals surface area contributed by atoms with Crippen molar-refractivity contribution >= 4 is 28.9 Å². The van der Waals surface area contributed by atoms with Crippen molar-refractivity contribution in [2.45, 2.75) is 19.4 Å². The fourth-order valence-electron chi connectivity index (χ4n) is 2.66. The van der Waals surface area contributed by atoms with Gasteiger partial charge in [-0.15, -0.1) is 0 Å². The fraction of sp³-hybridized carbons (Fsp3) is 0.533. The Hall–Kier alpha value is -1.30. The maximum atomic E-state index is 12.2. The quantitative estimate of drug-likeness (QED) is 0.837. The zero-order valence-electron chi connectivity index (χ0n) is 12.6. The van der Waals surface area contributed by atoms with Crippen molar-refractivity contribution in [2.75, 3.05) is 44.3 Å². The smallest absolute Gasteiger partial charge is 0.238 e. The van der Waals surface area contributed by atoms with Crippen molar-refractivity contribution in [1.82, 2.24) is 9.80 Å². The third-order valence-electron chi connectivity index (χ3n) is 3.81. The van der Waals surface area contributed by atoms with Crippen LogP contribution in [0.4, 0.5) is 11.4 Å². The van der Waals surface area contributed by atoms with Gasteiger partial charge in [0.05, 0.1) is 17.3 Å². The number of hydrogen-bond donors (Lipinski definition) is 2. The summed E-state index contributed by atoms with van der Waals surface area (Å²) in [5.41, 5.74) is 6.89. The van der Waals surface area contributed by atoms with E-state index in [1.807, 2.05) is 0 Å². The number of halogens is 1. The molecule has 1 unspecified atom stereocenters. The molecule has 1 aromatic rings. The van der Waals surface area contributed by atoms with Gasteiger partial charge in [-0.25, -0.2) is 0 Å². The van der Waals surface area contributed by atoms with Gasteiger partial charge < -0.3 is 16.0 Å². The van der Waals surface area contributed by atoms with Crippen molar-refractivity contribution in [3.63, 3.8) is 0 Å². The first-order chi connectivity index (χ1) is 9.95. The second kappa shape index (κ2) is 7.11. The topological polar surface area (TPSA) is 61.6 Å². The predicted molar refractivity (Wildman–Crippen MR) is 87.6 cm³/mol. The molecule has 1 aromatic carbocycles. The largest absolute Gasteiger partial charge is 0.397 e. The number of nitrogen functional groups attached to an aromatic ring is 1. The summed E-state index contributed by atoms with van der Waals surface area (Å²) in [6, 6.07) is 5.50. The Bertz CT molecular complexity index is 508. The molecule has 0 saturated carbocycles. The van der Waals surface area contributed by atoms with Crippen LogP contribution in [0.25, 0.3) is 0 Å². The monoisotopic (exact) mass is 310 g/mol. The number of carbonyl (C=O) groups excluding carboxylic acids is 1. The lowest BCUT2D eigenvalue weighted by Crippen LogP contribution is -2.42. The van der Waals surface area contributed by atoms with Crippen LogP contribution in [0.2, 0.25) is 5.02 Å². The molecule has 0 bridgehead atoms. The molecule has 0 radical (unpaired) electrons. The number of nitrogens with zero attached hydrogens (tertiary/aromatic N) is 2. The number of likely N-dealkylation sites (N-methyl/N-ethyl adjacent to an activating group) is 1. The highest BCUT2D eigenvalue weighted by molar-refractivity contribution is 6.33. The first-order valence-corrected chi connectivity index (χ1v) is 7.61. The van der Waals surface area contributed by atoms with E-state index in [2.05, 4.69) is 29.1 Å². The van der Waals surface area contributed by atoms with Gasteiger partial charge >= 0.3 is 0 Å². The third-order valence-corrected chi connectivity index (χ3v) is 4.16. The number of anilines is 2. The molecule has 0 spiro atoms. The Kier molecular flexibility index (Phi) is 5.45. The van der Waals surface area contributed by atoms with E-state index in [4.69, 9.17) is 17.3 Å². The zero-order valence-corrected chi connectivity index (χ0v) is 13.4. The molecule has 21 heavy (non-hydrogen) atoms. The normalized spacial score (nSPS) is 21.0. The maximum absolute atomic E-state index is 12.2. The molecule has 0 aromatic heterocycles. The van der Waals surface area contributed by atoms with E-state index in [-0.39, 0.29) is 5.91 Å². The van der Waals surface area contributed by atoms with Crippen molar-refractivity contribution in [3.05, 3.63) is 23.2 Å². The van der Waals surface area contributed by atoms with Gasteiger partial charge in [-0.2, -0.15) is 0 Å². The second-order valence-corrected chi connectivity index (χ2v) is 6.13. The van der Waals surface area contributed by atoms with Gasteiger partial charge in [0, 0.05) is 24.8 Å². The number of hydrogen-bond acceptors (Lipinski definition) is 4. The van der Waals surface area contributed by atoms with Gasteiger partial charge in [0.25, 0.3) is 0 Å². The van der Waals surface area contributed by atoms with E-state index < -0.39 is 0 Å². The summed E-state index contributed by atoms with van der Waals surface area (Å²) in [5.74, 6) is -0.0203. The molecule has 1 aliphatic rings. The second-order valence-electron chi connectivity index (χ2n) is 5.72. The van der Waals surface area contributed by atoms with Gasteiger partial charge in [-0.1, -0.05) is 11.6 Å². The Morgan fingerprint density at radius 3 is 2.95 bits per heavy atom. The highest BCUT2D eigenvalue weighted by Gasteiger charge is 2.21. The molecule has 116 valence electrons. The lowest BCUT2D eigenvalue weighted by Gasteiger charge is -2.27. The van der Waals surface area contributed by atoms with Crippen molar-refractivity contribution in [2.24, 2.45) is 0 Å². The molecule has 1 atom stereocenters. The van der Waals surface area contributed by atoms with Crippen molar-refractivity contribution in [1.29, 1.82) is 0 Å². The summed E-state index contributed by atoms with van der Waals surface area (Å²) in [5, 5.41) is 3.37. The van der Waals surface area contributed by atoms with Gasteiger partial charge in [0.15, 0.2) is 0 Å². The number of amides is 1. The fourth-order valence-corrected chi connectivity index (χ4v) is 2.78. The number of nitrogens with two attached hydrogens (primary N) is 1. The molecule has 1 amide bonds. The van der Waals surface area contributed by atoms with E-state index in [9.17, 15) is 4.79 Å². The first kappa shape index (κ1) is 16.1. The molecule has 3 N–H and O–H groups in total. The van der Waals surface area contributed by atoms with Crippen LogP contribution in [0.15, 0.2) is 18.2 Å². The van der Waals surface area contributed by atoms with Crippen LogP contribution in [0.5, 0.6) is 0 Å². The highest BCUT2D eigenvalue weighted by atomic mass is 35.5. The molecule has 0 aliphatic carbocycles. The van der Waals surface area contributed by atoms with Crippen molar-refractivity contribution < 1.29 is 4.79 Å². The molecular weight excluding hydrogens is 288 g/mol. The number of carbonyl (C=O) groups is 1. The molecular formula is C15H23ClN4O. The van der Waals surface area contributed by atoms with Gasteiger partial charge in [-0.05, 0) is 45.1 Å². The average Bonchev–Trinajstić information content (AvgIpc) is 2.56. The highest BCUT2D eigenvalue weighted by Crippen LogP contribution is 2.22. The predicted octanol–water partition coefficient (Wildman–Crippen LogP) is 1.89. The number of rotatable bonds is 3. The zero-order chi connectivity index (χ0) is 15.4. The SMILES string of the molecule is CC1CN(C)CCCN1CC(=O)Nc1ccc(Cl)c(N)c1. The Morgan fingerprint density at radius 1 is 1.48 bits per heavy atom. The Morgan fingerprint density at radius 2 is 2.24 bits per heavy atom. The summed E-state index contributed by atoms with van der Waals surface area (Å²) in [7, 11) is 2.12. The van der Waals surface area contributed by atoms with Crippen LogP contribution in [0, 0.1) is 0 Å². The molecule has 1 saturated heterocycles. The Labute approximate surface area is 131 Å². The minimum absolute atomic E-state index is 0.0203. The maximum Gasteiger partial charge on any atom is 0.238 e. The lowest BCUT2D eigenvalue weighted by molar-refractivity contribution is -0.117. The minimum atomic E-state index is -0.0203. The van der Waals surface area contributed by atoms with Crippen LogP contribution < -0.4 is 11.1 Å². The van der Waals surface area contributed by atoms with Crippen LogP contribution in [-0.4, -0.2) is 55.0 Å². The van der Waals surface area contributed by atoms with E-state index in [1.165, 1.54) is 0 Å². The van der Waals surface area contributed by atoms with Gasteiger partial charge in [0.2, 0.25) is 5.91 Å². The van der Waals surface area contributed by atoms with Crippen LogP contribution >= 0.6 is 11.6 Å². The van der Waals surface area contributed by atoms with E-state index in [1.54, 1.807) is 18.2 Å². The summed E-state index contributed by atoms with van der Waals surface area (Å²) in [6.45, 7) is 5.58. The summed E-state index contributed by atoms with van der Waals surface area (Å²) >= 11 is 5.87. The van der Waals surface area contributed by atoms with Crippen molar-refractivity contribution in [3.8, 4) is 0 Å². The van der Waals surface area contributed by atoms with E-state index >= 15 is 0 Å². The number of benzene rings is 1. The van der Waals surface area contributed by atoms with Crippen LogP contribution in [-0.2, 0) is 4.79 Å². The lowest BCUT2D eigenvalue weighted by atomic mass is 10.2. The number of nitrogens with one attached hydrogen (secondary N) is 1. The summed E-state index contributed by atoms with van der Waals surface area (Å²) in [4.78, 5) is 16.7. The molecule has 5 nitrogen and oxygen atoms in total. The van der Waals surface area contributed by atoms with Crippen LogP contribution in [0.3, 0.4) is 0 Å².